The van der Waals surface area contributed by atoms with Crippen molar-refractivity contribution in [2.75, 3.05) is 38.1 Å². The molecule has 4 heterocycles. The van der Waals surface area contributed by atoms with Gasteiger partial charge in [0.2, 0.25) is 0 Å². The van der Waals surface area contributed by atoms with Crippen LogP contribution in [0.3, 0.4) is 0 Å². The Bertz CT molecular complexity index is 671. The quantitative estimate of drug-likeness (QED) is 0.874. The van der Waals surface area contributed by atoms with Crippen LogP contribution in [-0.4, -0.2) is 54.3 Å². The molecule has 5 heteroatoms. The van der Waals surface area contributed by atoms with Crippen LogP contribution in [0.25, 0.3) is 11.0 Å². The third-order valence-electron chi connectivity index (χ3n) is 5.34. The molecule has 2 saturated heterocycles. The first-order valence-electron chi connectivity index (χ1n) is 8.12. The molecule has 2 aliphatic rings. The molecule has 22 heavy (non-hydrogen) atoms. The summed E-state index contributed by atoms with van der Waals surface area (Å²) in [5.41, 5.74) is 0.852. The normalized spacial score (nSPS) is 30.3. The Labute approximate surface area is 130 Å². The van der Waals surface area contributed by atoms with Crippen LogP contribution in [0.5, 0.6) is 0 Å². The minimum absolute atomic E-state index is 0.0289. The van der Waals surface area contributed by atoms with Crippen LogP contribution >= 0.6 is 0 Å². The zero-order chi connectivity index (χ0) is 15.2. The van der Waals surface area contributed by atoms with E-state index in [2.05, 4.69) is 21.8 Å². The minimum Gasteiger partial charge on any atom is -0.464 e. The summed E-state index contributed by atoms with van der Waals surface area (Å²) in [6, 6.07) is 3.89. The van der Waals surface area contributed by atoms with Crippen molar-refractivity contribution in [3.05, 3.63) is 24.6 Å². The maximum atomic E-state index is 10.6. The number of likely N-dealkylation sites (tertiary alicyclic amines) is 1. The van der Waals surface area contributed by atoms with Crippen molar-refractivity contribution < 1.29 is 9.52 Å². The topological polar surface area (TPSA) is 52.7 Å². The Morgan fingerprint density at radius 1 is 1.32 bits per heavy atom. The lowest BCUT2D eigenvalue weighted by molar-refractivity contribution is -0.0466. The highest BCUT2D eigenvalue weighted by atomic mass is 16.3. The highest BCUT2D eigenvalue weighted by Gasteiger charge is 2.45. The summed E-state index contributed by atoms with van der Waals surface area (Å²) in [6.45, 7) is 3.82. The molecule has 0 amide bonds. The Kier molecular flexibility index (Phi) is 3.35. The summed E-state index contributed by atoms with van der Waals surface area (Å²) in [5.74, 6) is 0.991. The number of furan rings is 1. The first kappa shape index (κ1) is 14.0. The van der Waals surface area contributed by atoms with Crippen molar-refractivity contribution in [2.45, 2.75) is 25.4 Å². The smallest absolute Gasteiger partial charge is 0.139 e. The van der Waals surface area contributed by atoms with Gasteiger partial charge in [-0.05, 0) is 38.4 Å². The molecule has 118 valence electrons. The van der Waals surface area contributed by atoms with Gasteiger partial charge in [-0.1, -0.05) is 0 Å². The van der Waals surface area contributed by atoms with Gasteiger partial charge in [-0.3, -0.25) is 0 Å². The van der Waals surface area contributed by atoms with E-state index in [-0.39, 0.29) is 11.5 Å². The highest BCUT2D eigenvalue weighted by Crippen LogP contribution is 2.40. The third kappa shape index (κ3) is 2.20. The Morgan fingerprint density at radius 3 is 3.14 bits per heavy atom. The second-order valence-corrected chi connectivity index (χ2v) is 6.90. The second kappa shape index (κ2) is 5.25. The van der Waals surface area contributed by atoms with Gasteiger partial charge in [-0.15, -0.1) is 0 Å². The lowest BCUT2D eigenvalue weighted by Crippen LogP contribution is -2.58. The van der Waals surface area contributed by atoms with Crippen LogP contribution in [-0.2, 0) is 0 Å². The van der Waals surface area contributed by atoms with E-state index in [4.69, 9.17) is 4.42 Å². The van der Waals surface area contributed by atoms with Gasteiger partial charge in [-0.25, -0.2) is 4.98 Å². The van der Waals surface area contributed by atoms with E-state index in [1.165, 1.54) is 0 Å². The SMILES string of the molecule is CN1CC[C@H](O)[C@@]2(CCCN(c3nccc4occc34)C2)C1. The average molecular weight is 301 g/mol. The number of hydrogen-bond acceptors (Lipinski definition) is 5. The number of hydrogen-bond donors (Lipinski definition) is 1. The number of anilines is 1. The monoisotopic (exact) mass is 301 g/mol. The van der Waals surface area contributed by atoms with Crippen molar-refractivity contribution >= 4 is 16.8 Å². The van der Waals surface area contributed by atoms with Crippen molar-refractivity contribution in [3.63, 3.8) is 0 Å². The van der Waals surface area contributed by atoms with Gasteiger partial charge >= 0.3 is 0 Å². The Hall–Kier alpha value is -1.59. The van der Waals surface area contributed by atoms with E-state index in [1.807, 2.05) is 18.3 Å². The van der Waals surface area contributed by atoms with Crippen LogP contribution in [0, 0.1) is 5.41 Å². The summed E-state index contributed by atoms with van der Waals surface area (Å²) in [7, 11) is 2.15. The predicted octanol–water partition coefficient (Wildman–Crippen LogP) is 2.11. The summed E-state index contributed by atoms with van der Waals surface area (Å²) < 4.78 is 5.50. The molecular weight excluding hydrogens is 278 g/mol. The first-order valence-corrected chi connectivity index (χ1v) is 8.12. The molecule has 2 atom stereocenters. The van der Waals surface area contributed by atoms with Gasteiger partial charge in [0, 0.05) is 37.8 Å². The number of nitrogens with zero attached hydrogens (tertiary/aromatic N) is 3. The lowest BCUT2D eigenvalue weighted by Gasteiger charge is -2.50. The number of rotatable bonds is 1. The fourth-order valence-electron chi connectivity index (χ4n) is 4.24. The van der Waals surface area contributed by atoms with Gasteiger partial charge in [0.15, 0.2) is 0 Å². The Morgan fingerprint density at radius 2 is 2.23 bits per heavy atom. The predicted molar refractivity (Wildman–Crippen MR) is 86.0 cm³/mol. The molecule has 0 bridgehead atoms. The Balaban J connectivity index is 1.67. The molecule has 0 saturated carbocycles. The van der Waals surface area contributed by atoms with Gasteiger partial charge in [0.25, 0.3) is 0 Å². The maximum absolute atomic E-state index is 10.6. The van der Waals surface area contributed by atoms with Gasteiger partial charge in [0.1, 0.15) is 11.4 Å². The van der Waals surface area contributed by atoms with Crippen LogP contribution in [0.4, 0.5) is 5.82 Å². The summed E-state index contributed by atoms with van der Waals surface area (Å²) in [6.07, 6.45) is 6.38. The van der Waals surface area contributed by atoms with Crippen LogP contribution in [0.2, 0.25) is 0 Å². The summed E-state index contributed by atoms with van der Waals surface area (Å²) >= 11 is 0. The highest BCUT2D eigenvalue weighted by molar-refractivity contribution is 5.88. The molecular formula is C17H23N3O2. The standard InChI is InChI=1S/C17H23N3O2/c1-19-9-4-15(21)17(11-19)6-2-8-20(12-17)16-13-5-10-22-14(13)3-7-18-16/h3,5,7,10,15,21H,2,4,6,8-9,11-12H2,1H3/t15-,17-/m0/s1. The third-order valence-corrected chi connectivity index (χ3v) is 5.34. The van der Waals surface area contributed by atoms with E-state index >= 15 is 0 Å². The largest absolute Gasteiger partial charge is 0.464 e. The lowest BCUT2D eigenvalue weighted by atomic mass is 9.71. The van der Waals surface area contributed by atoms with E-state index in [9.17, 15) is 5.11 Å². The van der Waals surface area contributed by atoms with Gasteiger partial charge < -0.3 is 19.3 Å². The number of aliphatic hydroxyl groups is 1. The minimum atomic E-state index is -0.213. The molecule has 2 aromatic rings. The van der Waals surface area contributed by atoms with Crippen molar-refractivity contribution in [3.8, 4) is 0 Å². The molecule has 2 aliphatic heterocycles. The van der Waals surface area contributed by atoms with Crippen molar-refractivity contribution in [1.82, 2.24) is 9.88 Å². The molecule has 5 nitrogen and oxygen atoms in total. The van der Waals surface area contributed by atoms with Crippen LogP contribution < -0.4 is 4.90 Å². The molecule has 1 N–H and O–H groups in total. The van der Waals surface area contributed by atoms with Gasteiger partial charge in [0.05, 0.1) is 17.8 Å². The molecule has 0 aliphatic carbocycles. The van der Waals surface area contributed by atoms with Crippen LogP contribution in [0.15, 0.2) is 29.0 Å². The molecule has 0 aromatic carbocycles. The van der Waals surface area contributed by atoms with Crippen molar-refractivity contribution in [2.24, 2.45) is 5.41 Å². The summed E-state index contributed by atoms with van der Waals surface area (Å²) in [4.78, 5) is 9.28. The number of fused-ring (bicyclic) bond motifs is 1. The molecule has 1 spiro atoms. The number of pyridine rings is 1. The molecule has 2 aromatic heterocycles. The number of aliphatic hydroxyl groups excluding tert-OH is 1. The van der Waals surface area contributed by atoms with E-state index in [0.29, 0.717) is 0 Å². The second-order valence-electron chi connectivity index (χ2n) is 6.90. The van der Waals surface area contributed by atoms with E-state index in [1.54, 1.807) is 6.26 Å². The molecule has 4 rings (SSSR count). The zero-order valence-corrected chi connectivity index (χ0v) is 13.0. The first-order chi connectivity index (χ1) is 10.7. The van der Waals surface area contributed by atoms with Crippen molar-refractivity contribution in [1.29, 1.82) is 0 Å². The van der Waals surface area contributed by atoms with E-state index < -0.39 is 0 Å². The molecule has 0 radical (unpaired) electrons. The van der Waals surface area contributed by atoms with Crippen LogP contribution in [0.1, 0.15) is 19.3 Å². The molecule has 2 fully saturated rings. The fourth-order valence-corrected chi connectivity index (χ4v) is 4.24. The maximum Gasteiger partial charge on any atom is 0.139 e. The van der Waals surface area contributed by atoms with Gasteiger partial charge in [-0.2, -0.15) is 0 Å². The number of aromatic nitrogens is 1. The van der Waals surface area contributed by atoms with E-state index in [0.717, 1.165) is 62.2 Å². The number of piperidine rings is 2. The molecule has 0 unspecified atom stereocenters. The summed E-state index contributed by atoms with van der Waals surface area (Å²) in [5, 5.41) is 11.7. The zero-order valence-electron chi connectivity index (χ0n) is 13.0. The average Bonchev–Trinajstić information content (AvgIpc) is 3.00. The fraction of sp³-hybridized carbons (Fsp3) is 0.588.